The number of hydrogen-bond acceptors (Lipinski definition) is 6. The van der Waals surface area contributed by atoms with Crippen LogP contribution in [0.25, 0.3) is 0 Å². The Morgan fingerprint density at radius 1 is 1.13 bits per heavy atom. The second-order valence-corrected chi connectivity index (χ2v) is 7.15. The third-order valence-electron chi connectivity index (χ3n) is 4.75. The Kier molecular flexibility index (Phi) is 6.86. The van der Waals surface area contributed by atoms with Crippen LogP contribution in [0.1, 0.15) is 42.7 Å². The summed E-state index contributed by atoms with van der Waals surface area (Å²) in [7, 11) is 0. The number of ether oxygens (including phenoxy) is 2. The van der Waals surface area contributed by atoms with Gasteiger partial charge in [0.05, 0.1) is 24.2 Å². The Morgan fingerprint density at radius 3 is 2.39 bits per heavy atom. The molecule has 0 aliphatic carbocycles. The molecule has 3 rings (SSSR count). The number of nitrogens with zero attached hydrogens (tertiary/aromatic N) is 1. The summed E-state index contributed by atoms with van der Waals surface area (Å²) >= 11 is 5.31. The Bertz CT molecular complexity index is 1050. The SMILES string of the molecule is CCOc1cc(OCC)c([N+](=O)[O-])cc1C1NC(=S)NC(C)=C1C(=O)c1ccccc1. The lowest BCUT2D eigenvalue weighted by atomic mass is 9.89. The minimum absolute atomic E-state index is 0.104. The number of carbonyl (C=O) groups is 1. The lowest BCUT2D eigenvalue weighted by molar-refractivity contribution is -0.385. The van der Waals surface area contributed by atoms with Crippen molar-refractivity contribution in [3.8, 4) is 11.5 Å². The molecule has 0 saturated carbocycles. The molecule has 2 N–H and O–H groups in total. The highest BCUT2D eigenvalue weighted by atomic mass is 32.1. The minimum Gasteiger partial charge on any atom is -0.493 e. The van der Waals surface area contributed by atoms with Gasteiger partial charge in [0.1, 0.15) is 5.75 Å². The van der Waals surface area contributed by atoms with Crippen molar-refractivity contribution in [1.29, 1.82) is 0 Å². The molecule has 0 amide bonds. The predicted octanol–water partition coefficient (Wildman–Crippen LogP) is 4.07. The average molecular weight is 442 g/mol. The molecular formula is C22H23N3O5S. The summed E-state index contributed by atoms with van der Waals surface area (Å²) in [5.41, 5.74) is 1.69. The summed E-state index contributed by atoms with van der Waals surface area (Å²) in [4.78, 5) is 24.6. The van der Waals surface area contributed by atoms with Crippen LogP contribution in [0.15, 0.2) is 53.7 Å². The predicted molar refractivity (Wildman–Crippen MR) is 121 cm³/mol. The van der Waals surface area contributed by atoms with Crippen LogP contribution in [0.2, 0.25) is 0 Å². The van der Waals surface area contributed by atoms with Crippen molar-refractivity contribution in [2.75, 3.05) is 13.2 Å². The Morgan fingerprint density at radius 2 is 1.77 bits per heavy atom. The van der Waals surface area contributed by atoms with Gasteiger partial charge in [-0.1, -0.05) is 30.3 Å². The molecule has 2 aromatic carbocycles. The van der Waals surface area contributed by atoms with Crippen LogP contribution in [-0.4, -0.2) is 29.0 Å². The molecule has 0 saturated heterocycles. The summed E-state index contributed by atoms with van der Waals surface area (Å²) in [6.07, 6.45) is 0. The topological polar surface area (TPSA) is 103 Å². The maximum atomic E-state index is 13.4. The number of carbonyl (C=O) groups excluding carboxylic acids is 1. The fourth-order valence-corrected chi connectivity index (χ4v) is 3.73. The monoisotopic (exact) mass is 441 g/mol. The Labute approximate surface area is 185 Å². The summed E-state index contributed by atoms with van der Waals surface area (Å²) in [6.45, 7) is 5.89. The fourth-order valence-electron chi connectivity index (χ4n) is 3.46. The van der Waals surface area contributed by atoms with E-state index in [1.807, 2.05) is 13.0 Å². The van der Waals surface area contributed by atoms with Crippen molar-refractivity contribution in [3.05, 3.63) is 75.0 Å². The lowest BCUT2D eigenvalue weighted by Gasteiger charge is -2.31. The van der Waals surface area contributed by atoms with Crippen molar-refractivity contribution in [2.45, 2.75) is 26.8 Å². The van der Waals surface area contributed by atoms with Crippen LogP contribution in [-0.2, 0) is 0 Å². The Hall–Kier alpha value is -3.46. The van der Waals surface area contributed by atoms with Crippen molar-refractivity contribution >= 4 is 28.8 Å². The summed E-state index contributed by atoms with van der Waals surface area (Å²) in [6, 6.07) is 11.0. The van der Waals surface area contributed by atoms with E-state index in [4.69, 9.17) is 21.7 Å². The third-order valence-corrected chi connectivity index (χ3v) is 4.97. The molecule has 0 spiro atoms. The van der Waals surface area contributed by atoms with E-state index >= 15 is 0 Å². The van der Waals surface area contributed by atoms with Gasteiger partial charge in [0, 0.05) is 34.5 Å². The number of allylic oxidation sites excluding steroid dienone is 1. The summed E-state index contributed by atoms with van der Waals surface area (Å²) in [5.74, 6) is 0.266. The number of nitro groups is 1. The molecule has 1 unspecified atom stereocenters. The van der Waals surface area contributed by atoms with E-state index in [9.17, 15) is 14.9 Å². The first-order valence-corrected chi connectivity index (χ1v) is 10.2. The van der Waals surface area contributed by atoms with Gasteiger partial charge in [-0.3, -0.25) is 14.9 Å². The van der Waals surface area contributed by atoms with Crippen LogP contribution < -0.4 is 20.1 Å². The zero-order chi connectivity index (χ0) is 22.5. The molecule has 31 heavy (non-hydrogen) atoms. The normalized spacial score (nSPS) is 15.7. The highest BCUT2D eigenvalue weighted by Gasteiger charge is 2.34. The van der Waals surface area contributed by atoms with Gasteiger partial charge in [-0.25, -0.2) is 0 Å². The first-order valence-electron chi connectivity index (χ1n) is 9.83. The molecule has 0 fully saturated rings. The zero-order valence-electron chi connectivity index (χ0n) is 17.4. The quantitative estimate of drug-likeness (QED) is 0.274. The van der Waals surface area contributed by atoms with Crippen molar-refractivity contribution in [2.24, 2.45) is 0 Å². The number of Topliss-reactive ketones (excluding diaryl/α,β-unsaturated/α-hetero) is 1. The van der Waals surface area contributed by atoms with Crippen molar-refractivity contribution in [1.82, 2.24) is 10.6 Å². The molecule has 1 atom stereocenters. The standard InChI is InChI=1S/C22H23N3O5S/c1-4-29-17-12-18(30-5-2)16(25(27)28)11-15(17)20-19(13(3)23-22(31)24-20)21(26)14-9-7-6-8-10-14/h6-12,20H,4-5H2,1-3H3,(H2,23,24,31). The Balaban J connectivity index is 2.20. The van der Waals surface area contributed by atoms with Crippen LogP contribution in [0.4, 0.5) is 5.69 Å². The van der Waals surface area contributed by atoms with E-state index in [0.29, 0.717) is 39.9 Å². The number of thiocarbonyl (C=S) groups is 1. The molecule has 2 aromatic rings. The number of nitrogens with one attached hydrogen (secondary N) is 2. The maximum Gasteiger partial charge on any atom is 0.311 e. The number of hydrogen-bond donors (Lipinski definition) is 2. The van der Waals surface area contributed by atoms with E-state index in [0.717, 1.165) is 0 Å². The van der Waals surface area contributed by atoms with Gasteiger partial charge in [-0.05, 0) is 33.0 Å². The molecule has 1 heterocycles. The van der Waals surface area contributed by atoms with Gasteiger partial charge in [-0.2, -0.15) is 0 Å². The zero-order valence-corrected chi connectivity index (χ0v) is 18.2. The van der Waals surface area contributed by atoms with E-state index in [-0.39, 0.29) is 23.8 Å². The molecule has 1 aliphatic rings. The van der Waals surface area contributed by atoms with E-state index in [1.165, 1.54) is 12.1 Å². The van der Waals surface area contributed by atoms with Crippen molar-refractivity contribution < 1.29 is 19.2 Å². The molecule has 0 aromatic heterocycles. The van der Waals surface area contributed by atoms with E-state index in [2.05, 4.69) is 10.6 Å². The van der Waals surface area contributed by atoms with Crippen molar-refractivity contribution in [3.63, 3.8) is 0 Å². The van der Waals surface area contributed by atoms with Gasteiger partial charge < -0.3 is 20.1 Å². The average Bonchev–Trinajstić information content (AvgIpc) is 2.74. The number of ketones is 1. The van der Waals surface area contributed by atoms with E-state index in [1.54, 1.807) is 38.1 Å². The number of benzene rings is 2. The smallest absolute Gasteiger partial charge is 0.311 e. The summed E-state index contributed by atoms with van der Waals surface area (Å²) < 4.78 is 11.2. The fraction of sp³-hybridized carbons (Fsp3) is 0.273. The number of rotatable bonds is 8. The first kappa shape index (κ1) is 22.2. The summed E-state index contributed by atoms with van der Waals surface area (Å²) in [5, 5.41) is 18.1. The lowest BCUT2D eigenvalue weighted by Crippen LogP contribution is -2.45. The second-order valence-electron chi connectivity index (χ2n) is 6.75. The molecule has 0 radical (unpaired) electrons. The number of nitro benzene ring substituents is 1. The maximum absolute atomic E-state index is 13.4. The molecule has 8 nitrogen and oxygen atoms in total. The first-order chi connectivity index (χ1) is 14.9. The largest absolute Gasteiger partial charge is 0.493 e. The molecule has 1 aliphatic heterocycles. The van der Waals surface area contributed by atoms with Crippen LogP contribution >= 0.6 is 12.2 Å². The van der Waals surface area contributed by atoms with Crippen LogP contribution in [0, 0.1) is 10.1 Å². The van der Waals surface area contributed by atoms with Gasteiger partial charge in [-0.15, -0.1) is 0 Å². The highest BCUT2D eigenvalue weighted by Crippen LogP contribution is 2.41. The molecule has 9 heteroatoms. The second kappa shape index (κ2) is 9.57. The van der Waals surface area contributed by atoms with Gasteiger partial charge in [0.15, 0.2) is 10.9 Å². The van der Waals surface area contributed by atoms with Gasteiger partial charge in [0.25, 0.3) is 0 Å². The minimum atomic E-state index is -0.739. The van der Waals surface area contributed by atoms with Crippen LogP contribution in [0.5, 0.6) is 11.5 Å². The van der Waals surface area contributed by atoms with E-state index < -0.39 is 11.0 Å². The molecule has 162 valence electrons. The van der Waals surface area contributed by atoms with Gasteiger partial charge >= 0.3 is 5.69 Å². The molecular weight excluding hydrogens is 418 g/mol. The van der Waals surface area contributed by atoms with Crippen LogP contribution in [0.3, 0.4) is 0 Å². The van der Waals surface area contributed by atoms with Gasteiger partial charge in [0.2, 0.25) is 5.75 Å². The highest BCUT2D eigenvalue weighted by molar-refractivity contribution is 7.80. The molecule has 0 bridgehead atoms. The third kappa shape index (κ3) is 4.66.